The molecular weight excluding hydrogens is 342 g/mol. The van der Waals surface area contributed by atoms with Crippen LogP contribution < -0.4 is 9.47 Å². The van der Waals surface area contributed by atoms with Gasteiger partial charge in [-0.15, -0.1) is 0 Å². The van der Waals surface area contributed by atoms with Crippen molar-refractivity contribution in [1.29, 1.82) is 0 Å². The van der Waals surface area contributed by atoms with Gasteiger partial charge >= 0.3 is 0 Å². The second kappa shape index (κ2) is 7.48. The zero-order chi connectivity index (χ0) is 18.0. The molecule has 1 aliphatic heterocycles. The van der Waals surface area contributed by atoms with Crippen LogP contribution >= 0.6 is 11.6 Å². The van der Waals surface area contributed by atoms with Crippen molar-refractivity contribution >= 4 is 29.0 Å². The van der Waals surface area contributed by atoms with Gasteiger partial charge in [0.1, 0.15) is 5.03 Å². The zero-order valence-corrected chi connectivity index (χ0v) is 15.3. The summed E-state index contributed by atoms with van der Waals surface area (Å²) in [5, 5.41) is -0.0125. The molecule has 5 nitrogen and oxygen atoms in total. The molecule has 1 aromatic carbocycles. The van der Waals surface area contributed by atoms with Gasteiger partial charge in [0.05, 0.1) is 19.8 Å². The standard InChI is InChI=1S/C19H22ClNO4/c1-24-14-10-9-12(11-15(14)25-2)16-17(20)19(23)21(18(16)22)13-7-5-3-4-6-8-13/h9-11,13H,3-8H2,1-2H3. The first-order chi connectivity index (χ1) is 12.1. The minimum absolute atomic E-state index is 0.0125. The summed E-state index contributed by atoms with van der Waals surface area (Å²) in [4.78, 5) is 27.0. The third-order valence-electron chi connectivity index (χ3n) is 4.92. The highest BCUT2D eigenvalue weighted by Gasteiger charge is 2.42. The molecule has 1 aromatic rings. The highest BCUT2D eigenvalue weighted by atomic mass is 35.5. The number of ether oxygens (including phenoxy) is 2. The van der Waals surface area contributed by atoms with Crippen molar-refractivity contribution in [1.82, 2.24) is 4.90 Å². The molecule has 1 aliphatic carbocycles. The number of halogens is 1. The molecule has 2 aliphatic rings. The van der Waals surface area contributed by atoms with E-state index < -0.39 is 0 Å². The Balaban J connectivity index is 1.94. The van der Waals surface area contributed by atoms with Crippen molar-refractivity contribution in [2.24, 2.45) is 0 Å². The lowest BCUT2D eigenvalue weighted by Gasteiger charge is -2.25. The molecule has 2 amide bonds. The molecule has 1 fully saturated rings. The average Bonchev–Trinajstić information content (AvgIpc) is 2.82. The lowest BCUT2D eigenvalue weighted by atomic mass is 10.0. The van der Waals surface area contributed by atoms with E-state index in [1.165, 1.54) is 12.0 Å². The van der Waals surface area contributed by atoms with E-state index in [0.717, 1.165) is 38.5 Å². The fourth-order valence-electron chi connectivity index (χ4n) is 3.61. The van der Waals surface area contributed by atoms with E-state index in [4.69, 9.17) is 21.1 Å². The minimum atomic E-state index is -0.386. The van der Waals surface area contributed by atoms with Crippen LogP contribution in [0, 0.1) is 0 Å². The van der Waals surface area contributed by atoms with Crippen molar-refractivity contribution < 1.29 is 19.1 Å². The largest absolute Gasteiger partial charge is 0.493 e. The third-order valence-corrected chi connectivity index (χ3v) is 5.27. The molecule has 134 valence electrons. The Hall–Kier alpha value is -2.01. The predicted molar refractivity (Wildman–Crippen MR) is 95.7 cm³/mol. The van der Waals surface area contributed by atoms with Gasteiger partial charge in [-0.2, -0.15) is 0 Å². The number of carbonyl (C=O) groups is 2. The van der Waals surface area contributed by atoms with Crippen molar-refractivity contribution in [2.45, 2.75) is 44.6 Å². The van der Waals surface area contributed by atoms with E-state index in [-0.39, 0.29) is 28.5 Å². The maximum Gasteiger partial charge on any atom is 0.273 e. The third kappa shape index (κ3) is 3.25. The van der Waals surface area contributed by atoms with Crippen LogP contribution in [-0.4, -0.2) is 37.0 Å². The molecule has 3 rings (SSSR count). The normalized spacial score (nSPS) is 19.4. The topological polar surface area (TPSA) is 55.8 Å². The number of methoxy groups -OCH3 is 2. The second-order valence-corrected chi connectivity index (χ2v) is 6.76. The first-order valence-corrected chi connectivity index (χ1v) is 8.96. The van der Waals surface area contributed by atoms with Crippen LogP contribution in [0.1, 0.15) is 44.1 Å². The molecule has 25 heavy (non-hydrogen) atoms. The SMILES string of the molecule is COc1ccc(C2=C(Cl)C(=O)N(C3CCCCCC3)C2=O)cc1OC. The summed E-state index contributed by atoms with van der Waals surface area (Å²) in [5.41, 5.74) is 0.814. The summed E-state index contributed by atoms with van der Waals surface area (Å²) in [7, 11) is 3.07. The summed E-state index contributed by atoms with van der Waals surface area (Å²) < 4.78 is 10.5. The van der Waals surface area contributed by atoms with Crippen LogP contribution in [0.25, 0.3) is 5.57 Å². The fraction of sp³-hybridized carbons (Fsp3) is 0.474. The Morgan fingerprint density at radius 2 is 1.60 bits per heavy atom. The van der Waals surface area contributed by atoms with E-state index in [2.05, 4.69) is 0 Å². The molecule has 0 radical (unpaired) electrons. The smallest absolute Gasteiger partial charge is 0.273 e. The molecule has 6 heteroatoms. The molecule has 0 saturated heterocycles. The molecule has 0 atom stereocenters. The first-order valence-electron chi connectivity index (χ1n) is 8.58. The van der Waals surface area contributed by atoms with Crippen molar-refractivity contribution in [3.05, 3.63) is 28.8 Å². The highest BCUT2D eigenvalue weighted by molar-refractivity contribution is 6.55. The van der Waals surface area contributed by atoms with Gasteiger partial charge in [-0.05, 0) is 30.5 Å². The Labute approximate surface area is 152 Å². The van der Waals surface area contributed by atoms with Gasteiger partial charge in [0, 0.05) is 6.04 Å². The van der Waals surface area contributed by atoms with Gasteiger partial charge in [0.25, 0.3) is 11.8 Å². The van der Waals surface area contributed by atoms with E-state index in [1.807, 2.05) is 0 Å². The highest BCUT2D eigenvalue weighted by Crippen LogP contribution is 2.38. The Kier molecular flexibility index (Phi) is 5.33. The van der Waals surface area contributed by atoms with Crippen LogP contribution in [0.2, 0.25) is 0 Å². The van der Waals surface area contributed by atoms with Crippen molar-refractivity contribution in [2.75, 3.05) is 14.2 Å². The van der Waals surface area contributed by atoms with E-state index >= 15 is 0 Å². The van der Waals surface area contributed by atoms with Gasteiger partial charge in [0.2, 0.25) is 0 Å². The number of imide groups is 1. The summed E-state index contributed by atoms with van der Waals surface area (Å²) in [5.74, 6) is 0.350. The van der Waals surface area contributed by atoms with Crippen LogP contribution in [0.3, 0.4) is 0 Å². The molecule has 1 heterocycles. The molecule has 0 unspecified atom stereocenters. The molecule has 0 N–H and O–H groups in total. The molecular formula is C19H22ClNO4. The second-order valence-electron chi connectivity index (χ2n) is 6.38. The average molecular weight is 364 g/mol. The number of benzene rings is 1. The molecule has 1 saturated carbocycles. The van der Waals surface area contributed by atoms with Crippen LogP contribution in [0.5, 0.6) is 11.5 Å². The van der Waals surface area contributed by atoms with Gasteiger partial charge < -0.3 is 9.47 Å². The fourth-order valence-corrected chi connectivity index (χ4v) is 3.89. The van der Waals surface area contributed by atoms with Crippen LogP contribution in [0.4, 0.5) is 0 Å². The summed E-state index contributed by atoms with van der Waals surface area (Å²) in [6.45, 7) is 0. The predicted octanol–water partition coefficient (Wildman–Crippen LogP) is 3.75. The number of amides is 2. The van der Waals surface area contributed by atoms with E-state index in [1.54, 1.807) is 25.3 Å². The van der Waals surface area contributed by atoms with Gasteiger partial charge in [-0.1, -0.05) is 43.4 Å². The van der Waals surface area contributed by atoms with Crippen molar-refractivity contribution in [3.63, 3.8) is 0 Å². The Morgan fingerprint density at radius 1 is 0.960 bits per heavy atom. The van der Waals surface area contributed by atoms with Crippen LogP contribution in [-0.2, 0) is 9.59 Å². The monoisotopic (exact) mass is 363 g/mol. The lowest BCUT2D eigenvalue weighted by Crippen LogP contribution is -2.40. The van der Waals surface area contributed by atoms with Crippen LogP contribution in [0.15, 0.2) is 23.2 Å². The maximum absolute atomic E-state index is 13.0. The van der Waals surface area contributed by atoms with Gasteiger partial charge in [-0.3, -0.25) is 14.5 Å². The van der Waals surface area contributed by atoms with E-state index in [0.29, 0.717) is 17.1 Å². The molecule has 0 spiro atoms. The maximum atomic E-state index is 13.0. The zero-order valence-electron chi connectivity index (χ0n) is 14.5. The molecule has 0 bridgehead atoms. The number of nitrogens with zero attached hydrogens (tertiary/aromatic N) is 1. The minimum Gasteiger partial charge on any atom is -0.493 e. The quantitative estimate of drug-likeness (QED) is 0.604. The lowest BCUT2D eigenvalue weighted by molar-refractivity contribution is -0.139. The molecule has 0 aromatic heterocycles. The summed E-state index contributed by atoms with van der Waals surface area (Å²) in [6, 6.07) is 5.05. The van der Waals surface area contributed by atoms with Crippen molar-refractivity contribution in [3.8, 4) is 11.5 Å². The Morgan fingerprint density at radius 3 is 2.20 bits per heavy atom. The number of hydrogen-bond donors (Lipinski definition) is 0. The first kappa shape index (κ1) is 17.8. The Bertz CT molecular complexity index is 720. The van der Waals surface area contributed by atoms with E-state index in [9.17, 15) is 9.59 Å². The van der Waals surface area contributed by atoms with Gasteiger partial charge in [-0.25, -0.2) is 0 Å². The number of rotatable bonds is 4. The summed E-state index contributed by atoms with van der Waals surface area (Å²) in [6.07, 6.45) is 6.06. The number of hydrogen-bond acceptors (Lipinski definition) is 4. The number of carbonyl (C=O) groups excluding carboxylic acids is 2. The summed E-state index contributed by atoms with van der Waals surface area (Å²) >= 11 is 6.28. The van der Waals surface area contributed by atoms with Gasteiger partial charge in [0.15, 0.2) is 11.5 Å².